The summed E-state index contributed by atoms with van der Waals surface area (Å²) < 4.78 is 14.2. The first-order valence-electron chi connectivity index (χ1n) is 12.4. The molecule has 1 amide bonds. The zero-order valence-electron chi connectivity index (χ0n) is 20.4. The van der Waals surface area contributed by atoms with E-state index in [1.807, 2.05) is 37.3 Å². The van der Waals surface area contributed by atoms with Crippen molar-refractivity contribution in [1.82, 2.24) is 4.90 Å². The molecule has 4 rings (SSSR count). The minimum Gasteiger partial charge on any atom is -0.478 e. The average Bonchev–Trinajstić information content (AvgIpc) is 3.29. The van der Waals surface area contributed by atoms with Gasteiger partial charge >= 0.3 is 5.97 Å². The van der Waals surface area contributed by atoms with Crippen LogP contribution in [0.3, 0.4) is 0 Å². The molecule has 0 aromatic heterocycles. The number of likely N-dealkylation sites (tertiary alicyclic amines) is 1. The summed E-state index contributed by atoms with van der Waals surface area (Å²) in [5.74, 6) is -2.16. The predicted octanol–water partition coefficient (Wildman–Crippen LogP) is 4.60. The number of carbonyl (C=O) groups is 3. The lowest BCUT2D eigenvalue weighted by Gasteiger charge is -2.34. The fourth-order valence-corrected chi connectivity index (χ4v) is 5.76. The largest absolute Gasteiger partial charge is 0.478 e. The van der Waals surface area contributed by atoms with Crippen molar-refractivity contribution in [2.24, 2.45) is 17.6 Å². The van der Waals surface area contributed by atoms with Crippen LogP contribution < -0.4 is 5.73 Å². The standard InChI is InChI=1S/C28H33FN2O4.ClH/c1-17(30)19-8-10-21(11-9-19)27(33)31-14-13-22(20-5-3-2-4-6-20)26(31)25(32)16-18-7-12-23(28(34)35)24(29)15-18;/h2-7,12,15,17,19,21-22,26H,8-11,13-14,16,30H2,1H3,(H,34,35);1H/t17?,19?,21?,22-,26-;/m0./s1. The Hall–Kier alpha value is -2.77. The summed E-state index contributed by atoms with van der Waals surface area (Å²) in [5, 5.41) is 9.08. The maximum atomic E-state index is 14.2. The van der Waals surface area contributed by atoms with Gasteiger partial charge in [-0.1, -0.05) is 36.4 Å². The third-order valence-corrected chi connectivity index (χ3v) is 7.75. The van der Waals surface area contributed by atoms with E-state index in [1.54, 1.807) is 4.90 Å². The van der Waals surface area contributed by atoms with E-state index >= 15 is 0 Å². The first-order valence-corrected chi connectivity index (χ1v) is 12.4. The van der Waals surface area contributed by atoms with Gasteiger partial charge in [0.2, 0.25) is 5.91 Å². The summed E-state index contributed by atoms with van der Waals surface area (Å²) in [6.07, 6.45) is 4.01. The lowest BCUT2D eigenvalue weighted by atomic mass is 9.78. The normalized spacial score (nSPS) is 24.6. The van der Waals surface area contributed by atoms with Crippen LogP contribution in [0.4, 0.5) is 4.39 Å². The highest BCUT2D eigenvalue weighted by atomic mass is 35.5. The van der Waals surface area contributed by atoms with Crippen LogP contribution in [0.15, 0.2) is 48.5 Å². The molecule has 6 nitrogen and oxygen atoms in total. The van der Waals surface area contributed by atoms with Crippen LogP contribution in [0.25, 0.3) is 0 Å². The molecular formula is C28H34ClFN2O4. The molecule has 3 N–H and O–H groups in total. The minimum absolute atomic E-state index is 0. The zero-order chi connectivity index (χ0) is 25.1. The molecule has 2 aromatic rings. The van der Waals surface area contributed by atoms with E-state index in [0.717, 1.165) is 37.3 Å². The molecule has 8 heteroatoms. The van der Waals surface area contributed by atoms with Crippen molar-refractivity contribution in [3.63, 3.8) is 0 Å². The van der Waals surface area contributed by atoms with Crippen LogP contribution in [0.1, 0.15) is 66.4 Å². The van der Waals surface area contributed by atoms with Gasteiger partial charge in [-0.15, -0.1) is 12.4 Å². The molecule has 2 fully saturated rings. The smallest absolute Gasteiger partial charge is 0.338 e. The number of carboxylic acid groups (broad SMARTS) is 1. The number of ketones is 1. The number of aromatic carboxylic acids is 1. The second kappa shape index (κ2) is 12.0. The number of halogens is 2. The number of hydrogen-bond donors (Lipinski definition) is 2. The quantitative estimate of drug-likeness (QED) is 0.560. The highest BCUT2D eigenvalue weighted by molar-refractivity contribution is 5.93. The lowest BCUT2D eigenvalue weighted by molar-refractivity contribution is -0.142. The third-order valence-electron chi connectivity index (χ3n) is 7.75. The predicted molar refractivity (Wildman–Crippen MR) is 138 cm³/mol. The first kappa shape index (κ1) is 27.8. The first-order chi connectivity index (χ1) is 16.8. The van der Waals surface area contributed by atoms with Gasteiger partial charge in [-0.3, -0.25) is 9.59 Å². The Bertz CT molecular complexity index is 1090. The summed E-state index contributed by atoms with van der Waals surface area (Å²) in [6.45, 7) is 2.52. The number of nitrogens with two attached hydrogens (primary N) is 1. The number of hydrogen-bond acceptors (Lipinski definition) is 4. The number of rotatable bonds is 7. The molecule has 2 aromatic carbocycles. The van der Waals surface area contributed by atoms with Crippen LogP contribution in [-0.2, 0) is 16.0 Å². The van der Waals surface area contributed by atoms with Gasteiger partial charge in [-0.2, -0.15) is 0 Å². The molecule has 1 saturated carbocycles. The summed E-state index contributed by atoms with van der Waals surface area (Å²) in [7, 11) is 0. The van der Waals surface area contributed by atoms with Gasteiger partial charge in [0, 0.05) is 30.8 Å². The number of benzene rings is 2. The van der Waals surface area contributed by atoms with E-state index in [-0.39, 0.29) is 48.4 Å². The fraction of sp³-hybridized carbons (Fsp3) is 0.464. The Balaban J connectivity index is 0.00000361. The summed E-state index contributed by atoms with van der Waals surface area (Å²) in [6, 6.07) is 13.0. The molecule has 2 aliphatic rings. The Kier molecular flexibility index (Phi) is 9.25. The van der Waals surface area contributed by atoms with Gasteiger partial charge in [0.15, 0.2) is 5.78 Å². The van der Waals surface area contributed by atoms with Gasteiger partial charge in [0.05, 0.1) is 11.6 Å². The summed E-state index contributed by atoms with van der Waals surface area (Å²) in [4.78, 5) is 40.1. The maximum absolute atomic E-state index is 14.2. The van der Waals surface area contributed by atoms with Crippen LogP contribution in [0.5, 0.6) is 0 Å². The van der Waals surface area contributed by atoms with Crippen LogP contribution in [0, 0.1) is 17.7 Å². The topological polar surface area (TPSA) is 101 Å². The number of nitrogens with zero attached hydrogens (tertiary/aromatic N) is 1. The molecule has 194 valence electrons. The van der Waals surface area contributed by atoms with Crippen molar-refractivity contribution < 1.29 is 23.9 Å². The summed E-state index contributed by atoms with van der Waals surface area (Å²) >= 11 is 0. The van der Waals surface area contributed by atoms with Crippen molar-refractivity contribution in [3.05, 3.63) is 71.0 Å². The van der Waals surface area contributed by atoms with Crippen molar-refractivity contribution in [2.45, 2.75) is 63.5 Å². The second-order valence-electron chi connectivity index (χ2n) is 10.0. The maximum Gasteiger partial charge on any atom is 0.338 e. The number of Topliss-reactive ketones (excluding diaryl/α,β-unsaturated/α-hetero) is 1. The van der Waals surface area contributed by atoms with E-state index in [1.165, 1.54) is 12.1 Å². The van der Waals surface area contributed by atoms with Crippen molar-refractivity contribution in [3.8, 4) is 0 Å². The Morgan fingerprint density at radius 3 is 2.31 bits per heavy atom. The highest BCUT2D eigenvalue weighted by Gasteiger charge is 2.44. The van der Waals surface area contributed by atoms with Gasteiger partial charge in [-0.25, -0.2) is 9.18 Å². The number of carboxylic acids is 1. The molecule has 1 saturated heterocycles. The molecule has 1 aliphatic carbocycles. The van der Waals surface area contributed by atoms with Crippen LogP contribution >= 0.6 is 12.4 Å². The highest BCUT2D eigenvalue weighted by Crippen LogP contribution is 2.38. The molecule has 0 radical (unpaired) electrons. The van der Waals surface area contributed by atoms with E-state index in [0.29, 0.717) is 24.4 Å². The van der Waals surface area contributed by atoms with Crippen LogP contribution in [0.2, 0.25) is 0 Å². The van der Waals surface area contributed by atoms with Crippen molar-refractivity contribution in [1.29, 1.82) is 0 Å². The van der Waals surface area contributed by atoms with Gasteiger partial charge in [0.25, 0.3) is 0 Å². The zero-order valence-corrected chi connectivity index (χ0v) is 21.3. The molecule has 3 atom stereocenters. The summed E-state index contributed by atoms with van der Waals surface area (Å²) in [5.41, 5.74) is 7.05. The molecular weight excluding hydrogens is 483 g/mol. The molecule has 1 unspecified atom stereocenters. The Morgan fingerprint density at radius 2 is 1.72 bits per heavy atom. The number of amides is 1. The van der Waals surface area contributed by atoms with Crippen molar-refractivity contribution >= 4 is 30.1 Å². The second-order valence-corrected chi connectivity index (χ2v) is 10.0. The fourth-order valence-electron chi connectivity index (χ4n) is 5.76. The molecule has 0 bridgehead atoms. The van der Waals surface area contributed by atoms with Crippen LogP contribution in [-0.4, -0.2) is 46.3 Å². The Morgan fingerprint density at radius 1 is 1.06 bits per heavy atom. The van der Waals surface area contributed by atoms with Crippen molar-refractivity contribution in [2.75, 3.05) is 6.54 Å². The minimum atomic E-state index is -1.35. The lowest BCUT2D eigenvalue weighted by Crippen LogP contribution is -2.47. The monoisotopic (exact) mass is 516 g/mol. The average molecular weight is 517 g/mol. The van der Waals surface area contributed by atoms with E-state index in [2.05, 4.69) is 0 Å². The van der Waals surface area contributed by atoms with Gasteiger partial charge in [-0.05, 0) is 68.2 Å². The van der Waals surface area contributed by atoms with Gasteiger partial charge < -0.3 is 15.7 Å². The molecule has 1 heterocycles. The van der Waals surface area contributed by atoms with Gasteiger partial charge in [0.1, 0.15) is 5.82 Å². The van der Waals surface area contributed by atoms with E-state index in [4.69, 9.17) is 10.8 Å². The van der Waals surface area contributed by atoms with E-state index < -0.39 is 23.4 Å². The third kappa shape index (κ3) is 5.95. The Labute approximate surface area is 217 Å². The SMILES string of the molecule is CC(N)C1CCC(C(=O)N2CC[C@@H](c3ccccc3)[C@H]2C(=O)Cc2ccc(C(=O)O)c(F)c2)CC1.Cl. The molecule has 36 heavy (non-hydrogen) atoms. The molecule has 0 spiro atoms. The number of carbonyl (C=O) groups excluding carboxylic acids is 2. The van der Waals surface area contributed by atoms with E-state index in [9.17, 15) is 18.8 Å². The molecule has 1 aliphatic heterocycles.